The summed E-state index contributed by atoms with van der Waals surface area (Å²) in [4.78, 5) is 15.1. The Morgan fingerprint density at radius 1 is 1.60 bits per heavy atom. The van der Waals surface area contributed by atoms with Gasteiger partial charge in [-0.2, -0.15) is 0 Å². The van der Waals surface area contributed by atoms with Crippen molar-refractivity contribution >= 4 is 5.91 Å². The molecule has 4 heteroatoms. The second-order valence-electron chi connectivity index (χ2n) is 2.98. The van der Waals surface area contributed by atoms with Crippen LogP contribution in [0.1, 0.15) is 23.8 Å². The standard InChI is InChI=1S/C11H13FN2O/c1-2-3-4-7-13-11(15)10-6-5-9(12)8-14-10/h2-3,5-6,8H,4,7H2,1H3,(H,13,15)/b3-2+. The molecule has 3 nitrogen and oxygen atoms in total. The lowest BCUT2D eigenvalue weighted by molar-refractivity contribution is 0.0949. The van der Waals surface area contributed by atoms with E-state index < -0.39 is 5.82 Å². The lowest BCUT2D eigenvalue weighted by atomic mass is 10.3. The Kier molecular flexibility index (Phi) is 4.47. The first-order valence-corrected chi connectivity index (χ1v) is 4.75. The number of amides is 1. The van der Waals surface area contributed by atoms with E-state index in [-0.39, 0.29) is 11.6 Å². The number of aromatic nitrogens is 1. The monoisotopic (exact) mass is 208 g/mol. The largest absolute Gasteiger partial charge is 0.350 e. The van der Waals surface area contributed by atoms with E-state index in [0.29, 0.717) is 6.54 Å². The normalized spacial score (nSPS) is 10.5. The summed E-state index contributed by atoms with van der Waals surface area (Å²) in [7, 11) is 0. The molecule has 1 aromatic rings. The van der Waals surface area contributed by atoms with Crippen LogP contribution in [0.25, 0.3) is 0 Å². The highest BCUT2D eigenvalue weighted by molar-refractivity contribution is 5.92. The maximum Gasteiger partial charge on any atom is 0.269 e. The molecule has 0 aliphatic rings. The van der Waals surface area contributed by atoms with Gasteiger partial charge in [0.15, 0.2) is 0 Å². The van der Waals surface area contributed by atoms with Crippen molar-refractivity contribution in [3.8, 4) is 0 Å². The molecule has 1 aromatic heterocycles. The van der Waals surface area contributed by atoms with Gasteiger partial charge in [0, 0.05) is 6.54 Å². The topological polar surface area (TPSA) is 42.0 Å². The zero-order chi connectivity index (χ0) is 11.1. The van der Waals surface area contributed by atoms with Crippen molar-refractivity contribution in [2.45, 2.75) is 13.3 Å². The predicted molar refractivity (Wildman–Crippen MR) is 56.0 cm³/mol. The second-order valence-corrected chi connectivity index (χ2v) is 2.98. The van der Waals surface area contributed by atoms with E-state index in [4.69, 9.17) is 0 Å². The minimum absolute atomic E-state index is 0.233. The number of carbonyl (C=O) groups excluding carboxylic acids is 1. The maximum atomic E-state index is 12.5. The molecular weight excluding hydrogens is 195 g/mol. The van der Waals surface area contributed by atoms with Crippen molar-refractivity contribution in [2.24, 2.45) is 0 Å². The molecule has 0 aliphatic carbocycles. The van der Waals surface area contributed by atoms with Gasteiger partial charge in [-0.1, -0.05) is 12.2 Å². The van der Waals surface area contributed by atoms with Crippen molar-refractivity contribution in [3.63, 3.8) is 0 Å². The van der Waals surface area contributed by atoms with Gasteiger partial charge in [-0.3, -0.25) is 4.79 Å². The van der Waals surface area contributed by atoms with Gasteiger partial charge in [0.25, 0.3) is 5.91 Å². The van der Waals surface area contributed by atoms with E-state index in [1.165, 1.54) is 12.1 Å². The first-order valence-electron chi connectivity index (χ1n) is 4.75. The maximum absolute atomic E-state index is 12.5. The highest BCUT2D eigenvalue weighted by atomic mass is 19.1. The highest BCUT2D eigenvalue weighted by Gasteiger charge is 2.05. The molecule has 1 amide bonds. The molecule has 0 radical (unpaired) electrons. The molecule has 0 saturated heterocycles. The summed E-state index contributed by atoms with van der Waals surface area (Å²) >= 11 is 0. The number of nitrogens with one attached hydrogen (secondary N) is 1. The predicted octanol–water partition coefficient (Wildman–Crippen LogP) is 1.92. The Hall–Kier alpha value is -1.71. The third-order valence-electron chi connectivity index (χ3n) is 1.79. The number of nitrogens with zero attached hydrogens (tertiary/aromatic N) is 1. The molecule has 1 N–H and O–H groups in total. The summed E-state index contributed by atoms with van der Waals surface area (Å²) in [5, 5.41) is 2.68. The molecule has 0 bridgehead atoms. The lowest BCUT2D eigenvalue weighted by Crippen LogP contribution is -2.25. The summed E-state index contributed by atoms with van der Waals surface area (Å²) in [6, 6.07) is 2.58. The average Bonchev–Trinajstić information content (AvgIpc) is 2.25. The van der Waals surface area contributed by atoms with Crippen LogP contribution in [-0.2, 0) is 0 Å². The summed E-state index contributed by atoms with van der Waals surface area (Å²) in [6.07, 6.45) is 5.69. The van der Waals surface area contributed by atoms with Crippen molar-refractivity contribution in [1.82, 2.24) is 10.3 Å². The van der Waals surface area contributed by atoms with E-state index in [1.54, 1.807) is 0 Å². The van der Waals surface area contributed by atoms with Crippen molar-refractivity contribution in [3.05, 3.63) is 42.0 Å². The summed E-state index contributed by atoms with van der Waals surface area (Å²) in [5.74, 6) is -0.722. The molecule has 0 aliphatic heterocycles. The Bertz CT molecular complexity index is 346. The van der Waals surface area contributed by atoms with Crippen LogP contribution in [0.2, 0.25) is 0 Å². The fraction of sp³-hybridized carbons (Fsp3) is 0.273. The van der Waals surface area contributed by atoms with Crippen LogP contribution in [0, 0.1) is 5.82 Å². The molecule has 1 heterocycles. The van der Waals surface area contributed by atoms with Gasteiger partial charge in [-0.25, -0.2) is 9.37 Å². The van der Waals surface area contributed by atoms with Gasteiger partial charge in [-0.05, 0) is 25.5 Å². The van der Waals surface area contributed by atoms with E-state index >= 15 is 0 Å². The fourth-order valence-corrected chi connectivity index (χ4v) is 1.04. The summed E-state index contributed by atoms with van der Waals surface area (Å²) < 4.78 is 12.5. The third kappa shape index (κ3) is 3.89. The zero-order valence-corrected chi connectivity index (χ0v) is 8.53. The van der Waals surface area contributed by atoms with Crippen LogP contribution in [-0.4, -0.2) is 17.4 Å². The number of hydrogen-bond donors (Lipinski definition) is 1. The SMILES string of the molecule is C/C=C/CCNC(=O)c1ccc(F)cn1. The van der Waals surface area contributed by atoms with Gasteiger partial charge >= 0.3 is 0 Å². The number of rotatable bonds is 4. The first-order chi connectivity index (χ1) is 7.24. The molecule has 0 saturated carbocycles. The van der Waals surface area contributed by atoms with E-state index in [2.05, 4.69) is 10.3 Å². The lowest BCUT2D eigenvalue weighted by Gasteiger charge is -2.01. The molecule has 0 fully saturated rings. The number of hydrogen-bond acceptors (Lipinski definition) is 2. The molecular formula is C11H13FN2O. The van der Waals surface area contributed by atoms with E-state index in [9.17, 15) is 9.18 Å². The smallest absolute Gasteiger partial charge is 0.269 e. The van der Waals surface area contributed by atoms with Gasteiger partial charge in [-0.15, -0.1) is 0 Å². The molecule has 15 heavy (non-hydrogen) atoms. The van der Waals surface area contributed by atoms with Crippen LogP contribution in [0.15, 0.2) is 30.5 Å². The molecule has 0 atom stereocenters. The zero-order valence-electron chi connectivity index (χ0n) is 8.53. The van der Waals surface area contributed by atoms with Gasteiger partial charge < -0.3 is 5.32 Å². The highest BCUT2D eigenvalue weighted by Crippen LogP contribution is 1.97. The average molecular weight is 208 g/mol. The number of allylic oxidation sites excluding steroid dienone is 1. The molecule has 1 rings (SSSR count). The second kappa shape index (κ2) is 5.90. The molecule has 0 aromatic carbocycles. The van der Waals surface area contributed by atoms with Crippen LogP contribution < -0.4 is 5.32 Å². The number of carbonyl (C=O) groups is 1. The van der Waals surface area contributed by atoms with Crippen molar-refractivity contribution in [1.29, 1.82) is 0 Å². The Balaban J connectivity index is 2.43. The number of halogens is 1. The minimum Gasteiger partial charge on any atom is -0.350 e. The first kappa shape index (κ1) is 11.4. The Morgan fingerprint density at radius 3 is 3.00 bits per heavy atom. The van der Waals surface area contributed by atoms with Crippen LogP contribution in [0.5, 0.6) is 0 Å². The third-order valence-corrected chi connectivity index (χ3v) is 1.79. The van der Waals surface area contributed by atoms with Crippen molar-refractivity contribution < 1.29 is 9.18 Å². The number of pyridine rings is 1. The van der Waals surface area contributed by atoms with Crippen LogP contribution in [0.4, 0.5) is 4.39 Å². The van der Waals surface area contributed by atoms with Gasteiger partial charge in [0.1, 0.15) is 11.5 Å². The van der Waals surface area contributed by atoms with Gasteiger partial charge in [0.05, 0.1) is 6.20 Å². The van der Waals surface area contributed by atoms with Crippen LogP contribution >= 0.6 is 0 Å². The van der Waals surface area contributed by atoms with E-state index in [1.807, 2.05) is 19.1 Å². The minimum atomic E-state index is -0.444. The van der Waals surface area contributed by atoms with Gasteiger partial charge in [0.2, 0.25) is 0 Å². The molecule has 80 valence electrons. The molecule has 0 spiro atoms. The molecule has 0 unspecified atom stereocenters. The van der Waals surface area contributed by atoms with Crippen molar-refractivity contribution in [2.75, 3.05) is 6.54 Å². The Labute approximate surface area is 88.0 Å². The van der Waals surface area contributed by atoms with E-state index in [0.717, 1.165) is 12.6 Å². The fourth-order valence-electron chi connectivity index (χ4n) is 1.04. The Morgan fingerprint density at radius 2 is 2.40 bits per heavy atom. The quantitative estimate of drug-likeness (QED) is 0.606. The summed E-state index contributed by atoms with van der Waals surface area (Å²) in [6.45, 7) is 2.48. The van der Waals surface area contributed by atoms with Crippen LogP contribution in [0.3, 0.4) is 0 Å². The summed E-state index contributed by atoms with van der Waals surface area (Å²) in [5.41, 5.74) is 0.233.